The second-order valence-corrected chi connectivity index (χ2v) is 7.76. The largest absolute Gasteiger partial charge is 0.368 e. The van der Waals surface area contributed by atoms with Gasteiger partial charge in [-0.25, -0.2) is 0 Å². The lowest BCUT2D eigenvalue weighted by Crippen LogP contribution is -2.47. The maximum Gasteiger partial charge on any atom is 0.0825 e. The van der Waals surface area contributed by atoms with Crippen LogP contribution in [0.2, 0.25) is 10.0 Å². The number of piperazine rings is 1. The van der Waals surface area contributed by atoms with E-state index in [0.717, 1.165) is 37.8 Å². The molecule has 1 aliphatic carbocycles. The Morgan fingerprint density at radius 3 is 2.24 bits per heavy atom. The maximum absolute atomic E-state index is 6.34. The van der Waals surface area contributed by atoms with Crippen LogP contribution in [-0.2, 0) is 0 Å². The van der Waals surface area contributed by atoms with Gasteiger partial charge in [-0.3, -0.25) is 4.90 Å². The first-order valence-electron chi connectivity index (χ1n) is 8.80. The molecule has 1 aromatic carbocycles. The number of nitrogens with two attached hydrogens (primary N) is 1. The van der Waals surface area contributed by atoms with Gasteiger partial charge in [0.1, 0.15) is 0 Å². The van der Waals surface area contributed by atoms with Gasteiger partial charge in [0.15, 0.2) is 0 Å². The topological polar surface area (TPSA) is 32.5 Å². The molecule has 1 saturated heterocycles. The molecule has 1 heterocycles. The second kappa shape index (κ2) is 11.1. The molecular formula is C18H29Cl4N3. The van der Waals surface area contributed by atoms with Crippen molar-refractivity contribution in [2.75, 3.05) is 37.6 Å². The zero-order chi connectivity index (χ0) is 16.2. The number of hydrogen-bond acceptors (Lipinski definition) is 3. The van der Waals surface area contributed by atoms with Crippen molar-refractivity contribution >= 4 is 53.7 Å². The average Bonchev–Trinajstić information content (AvgIpc) is 2.57. The Labute approximate surface area is 174 Å². The summed E-state index contributed by atoms with van der Waals surface area (Å²) in [4.78, 5) is 4.94. The van der Waals surface area contributed by atoms with E-state index in [9.17, 15) is 0 Å². The summed E-state index contributed by atoms with van der Waals surface area (Å²) in [6.07, 6.45) is 6.39. The van der Waals surface area contributed by atoms with Crippen molar-refractivity contribution in [2.45, 2.75) is 38.1 Å². The average molecular weight is 429 g/mol. The smallest absolute Gasteiger partial charge is 0.0825 e. The van der Waals surface area contributed by atoms with Crippen molar-refractivity contribution < 1.29 is 0 Å². The van der Waals surface area contributed by atoms with E-state index >= 15 is 0 Å². The molecule has 0 atom stereocenters. The summed E-state index contributed by atoms with van der Waals surface area (Å²) in [5.41, 5.74) is 7.06. The van der Waals surface area contributed by atoms with Gasteiger partial charge in [0.2, 0.25) is 0 Å². The highest BCUT2D eigenvalue weighted by atomic mass is 35.5. The summed E-state index contributed by atoms with van der Waals surface area (Å²) >= 11 is 12.5. The van der Waals surface area contributed by atoms with E-state index in [1.165, 1.54) is 38.6 Å². The van der Waals surface area contributed by atoms with Crippen LogP contribution in [0.4, 0.5) is 5.69 Å². The van der Waals surface area contributed by atoms with Gasteiger partial charge >= 0.3 is 0 Å². The lowest BCUT2D eigenvalue weighted by atomic mass is 9.84. The fourth-order valence-electron chi connectivity index (χ4n) is 3.79. The third-order valence-corrected chi connectivity index (χ3v) is 6.20. The van der Waals surface area contributed by atoms with Crippen LogP contribution in [0.1, 0.15) is 32.1 Å². The minimum Gasteiger partial charge on any atom is -0.368 e. The predicted octanol–water partition coefficient (Wildman–Crippen LogP) is 4.87. The molecule has 0 bridgehead atoms. The van der Waals surface area contributed by atoms with E-state index in [-0.39, 0.29) is 24.8 Å². The quantitative estimate of drug-likeness (QED) is 0.742. The van der Waals surface area contributed by atoms with E-state index in [1.54, 1.807) is 0 Å². The van der Waals surface area contributed by atoms with Gasteiger partial charge in [-0.05, 0) is 56.7 Å². The normalized spacial score (nSPS) is 24.4. The lowest BCUT2D eigenvalue weighted by molar-refractivity contribution is 0.217. The van der Waals surface area contributed by atoms with Crippen molar-refractivity contribution in [1.29, 1.82) is 0 Å². The summed E-state index contributed by atoms with van der Waals surface area (Å²) in [6, 6.07) is 6.34. The first-order valence-corrected chi connectivity index (χ1v) is 9.56. The van der Waals surface area contributed by atoms with Gasteiger partial charge in [0.25, 0.3) is 0 Å². The molecule has 1 saturated carbocycles. The number of benzene rings is 1. The Hall–Kier alpha value is 0.1000. The highest BCUT2D eigenvalue weighted by Crippen LogP contribution is 2.33. The highest BCUT2D eigenvalue weighted by Gasteiger charge is 2.22. The second-order valence-electron chi connectivity index (χ2n) is 6.97. The Balaban J connectivity index is 0.00000156. The number of nitrogens with zero attached hydrogens (tertiary/aromatic N) is 2. The van der Waals surface area contributed by atoms with Gasteiger partial charge in [-0.15, -0.1) is 24.8 Å². The first kappa shape index (κ1) is 23.1. The van der Waals surface area contributed by atoms with Crippen LogP contribution in [0.3, 0.4) is 0 Å². The molecule has 0 aromatic heterocycles. The molecule has 0 spiro atoms. The number of halogens is 4. The van der Waals surface area contributed by atoms with Crippen molar-refractivity contribution in [1.82, 2.24) is 4.90 Å². The molecule has 1 aliphatic heterocycles. The summed E-state index contributed by atoms with van der Waals surface area (Å²) in [5.74, 6) is 0.884. The number of hydrogen-bond donors (Lipinski definition) is 1. The minimum atomic E-state index is 0. The Kier molecular flexibility index (Phi) is 10.2. The molecule has 2 aliphatic rings. The van der Waals surface area contributed by atoms with Crippen molar-refractivity contribution in [3.05, 3.63) is 28.2 Å². The molecule has 3 nitrogen and oxygen atoms in total. The highest BCUT2D eigenvalue weighted by molar-refractivity contribution is 6.43. The molecular weight excluding hydrogens is 400 g/mol. The zero-order valence-corrected chi connectivity index (χ0v) is 17.6. The molecule has 2 N–H and O–H groups in total. The molecule has 0 amide bonds. The molecule has 0 unspecified atom stereocenters. The van der Waals surface area contributed by atoms with Gasteiger partial charge in [0, 0.05) is 32.2 Å². The van der Waals surface area contributed by atoms with Crippen molar-refractivity contribution in [3.8, 4) is 0 Å². The lowest BCUT2D eigenvalue weighted by Gasteiger charge is -2.37. The van der Waals surface area contributed by atoms with Crippen molar-refractivity contribution in [2.24, 2.45) is 11.7 Å². The first-order chi connectivity index (χ1) is 11.1. The molecule has 2 fully saturated rings. The Morgan fingerprint density at radius 2 is 1.60 bits per heavy atom. The van der Waals surface area contributed by atoms with Crippen LogP contribution in [0.15, 0.2) is 18.2 Å². The fourth-order valence-corrected chi connectivity index (χ4v) is 4.21. The van der Waals surface area contributed by atoms with E-state index in [2.05, 4.69) is 15.9 Å². The third kappa shape index (κ3) is 6.34. The van der Waals surface area contributed by atoms with E-state index in [1.807, 2.05) is 12.1 Å². The fraction of sp³-hybridized carbons (Fsp3) is 0.667. The van der Waals surface area contributed by atoms with Gasteiger partial charge in [-0.1, -0.05) is 29.3 Å². The van der Waals surface area contributed by atoms with E-state index in [0.29, 0.717) is 16.1 Å². The molecule has 1 aromatic rings. The van der Waals surface area contributed by atoms with Gasteiger partial charge in [0.05, 0.1) is 15.7 Å². The minimum absolute atomic E-state index is 0. The summed E-state index contributed by atoms with van der Waals surface area (Å²) in [5, 5.41) is 1.32. The maximum atomic E-state index is 6.34. The van der Waals surface area contributed by atoms with Crippen LogP contribution >= 0.6 is 48.0 Å². The standard InChI is InChI=1S/C18H27Cl2N3.2ClH/c19-16-2-1-3-17(18(16)20)23-12-10-22(11-13-23)9-8-14-4-6-15(21)7-5-14;;/h1-3,14-15H,4-13,21H2;2*1H. The third-order valence-electron chi connectivity index (χ3n) is 5.39. The Bertz CT molecular complexity index is 513. The summed E-state index contributed by atoms with van der Waals surface area (Å²) in [7, 11) is 0. The summed E-state index contributed by atoms with van der Waals surface area (Å²) < 4.78 is 0. The molecule has 144 valence electrons. The Morgan fingerprint density at radius 1 is 0.960 bits per heavy atom. The SMILES string of the molecule is Cl.Cl.NC1CCC(CCN2CCN(c3cccc(Cl)c3Cl)CC2)CC1. The van der Waals surface area contributed by atoms with Crippen LogP contribution in [0, 0.1) is 5.92 Å². The van der Waals surface area contributed by atoms with Crippen LogP contribution < -0.4 is 10.6 Å². The zero-order valence-electron chi connectivity index (χ0n) is 14.5. The van der Waals surface area contributed by atoms with Crippen LogP contribution in [0.5, 0.6) is 0 Å². The molecule has 25 heavy (non-hydrogen) atoms. The monoisotopic (exact) mass is 427 g/mol. The molecule has 0 radical (unpaired) electrons. The molecule has 7 heteroatoms. The van der Waals surface area contributed by atoms with E-state index in [4.69, 9.17) is 28.9 Å². The predicted molar refractivity (Wildman–Crippen MR) is 114 cm³/mol. The number of rotatable bonds is 4. The van der Waals surface area contributed by atoms with Gasteiger partial charge < -0.3 is 10.6 Å². The van der Waals surface area contributed by atoms with E-state index < -0.39 is 0 Å². The van der Waals surface area contributed by atoms with Crippen LogP contribution in [-0.4, -0.2) is 43.7 Å². The van der Waals surface area contributed by atoms with Crippen LogP contribution in [0.25, 0.3) is 0 Å². The van der Waals surface area contributed by atoms with Crippen molar-refractivity contribution in [3.63, 3.8) is 0 Å². The molecule has 3 rings (SSSR count). The summed E-state index contributed by atoms with van der Waals surface area (Å²) in [6.45, 7) is 5.48. The van der Waals surface area contributed by atoms with Gasteiger partial charge in [-0.2, -0.15) is 0 Å². The number of anilines is 1.